The van der Waals surface area contributed by atoms with Crippen LogP contribution in [0.3, 0.4) is 0 Å². The molecule has 3 heteroatoms. The zero-order valence-electron chi connectivity index (χ0n) is 7.26. The molecule has 1 unspecified atom stereocenters. The molecular weight excluding hydrogens is 168 g/mol. The highest BCUT2D eigenvalue weighted by Gasteiger charge is 2.19. The van der Waals surface area contributed by atoms with E-state index in [9.17, 15) is 0 Å². The van der Waals surface area contributed by atoms with Crippen LogP contribution >= 0.6 is 11.3 Å². The molecular formula is C9H14N2S. The van der Waals surface area contributed by atoms with E-state index in [0.29, 0.717) is 0 Å². The number of anilines is 1. The van der Waals surface area contributed by atoms with Gasteiger partial charge in [-0.15, -0.1) is 11.3 Å². The van der Waals surface area contributed by atoms with E-state index in [-0.39, 0.29) is 0 Å². The first-order chi connectivity index (χ1) is 5.92. The lowest BCUT2D eigenvalue weighted by molar-refractivity contribution is 0.595. The van der Waals surface area contributed by atoms with Gasteiger partial charge in [0, 0.05) is 29.6 Å². The average Bonchev–Trinajstić information content (AvgIpc) is 2.53. The minimum atomic E-state index is 0.728. The van der Waals surface area contributed by atoms with Crippen molar-refractivity contribution in [3.8, 4) is 0 Å². The van der Waals surface area contributed by atoms with E-state index in [4.69, 9.17) is 0 Å². The highest BCUT2D eigenvalue weighted by Crippen LogP contribution is 2.35. The average molecular weight is 182 g/mol. The number of likely N-dealkylation sites (N-methyl/N-ethyl adjacent to an activating group) is 1. The quantitative estimate of drug-likeness (QED) is 0.729. The molecule has 1 aromatic rings. The molecule has 1 atom stereocenters. The van der Waals surface area contributed by atoms with Crippen LogP contribution in [0.1, 0.15) is 17.2 Å². The Morgan fingerprint density at radius 3 is 3.50 bits per heavy atom. The van der Waals surface area contributed by atoms with Crippen LogP contribution in [0.15, 0.2) is 11.4 Å². The van der Waals surface area contributed by atoms with Crippen molar-refractivity contribution in [1.82, 2.24) is 5.32 Å². The summed E-state index contributed by atoms with van der Waals surface area (Å²) < 4.78 is 0. The van der Waals surface area contributed by atoms with Gasteiger partial charge in [0.2, 0.25) is 0 Å². The lowest BCUT2D eigenvalue weighted by Crippen LogP contribution is -2.23. The van der Waals surface area contributed by atoms with Crippen molar-refractivity contribution in [3.63, 3.8) is 0 Å². The van der Waals surface area contributed by atoms with Crippen molar-refractivity contribution in [1.29, 1.82) is 0 Å². The molecule has 66 valence electrons. The summed E-state index contributed by atoms with van der Waals surface area (Å²) in [4.78, 5) is 1.52. The Morgan fingerprint density at radius 1 is 1.75 bits per heavy atom. The molecule has 2 N–H and O–H groups in total. The van der Waals surface area contributed by atoms with Crippen LogP contribution in [0.4, 0.5) is 5.69 Å². The van der Waals surface area contributed by atoms with E-state index < -0.39 is 0 Å². The van der Waals surface area contributed by atoms with Gasteiger partial charge in [0.15, 0.2) is 0 Å². The first-order valence-electron chi connectivity index (χ1n) is 4.37. The summed E-state index contributed by atoms with van der Waals surface area (Å²) in [6.07, 6.45) is 1.26. The molecule has 0 fully saturated rings. The summed E-state index contributed by atoms with van der Waals surface area (Å²) in [5, 5.41) is 8.83. The van der Waals surface area contributed by atoms with E-state index >= 15 is 0 Å². The van der Waals surface area contributed by atoms with Gasteiger partial charge in [-0.1, -0.05) is 0 Å². The third-order valence-corrected chi connectivity index (χ3v) is 3.40. The van der Waals surface area contributed by atoms with Crippen LogP contribution < -0.4 is 10.6 Å². The smallest absolute Gasteiger partial charge is 0.0484 e. The van der Waals surface area contributed by atoms with Crippen LogP contribution in [0.2, 0.25) is 0 Å². The first kappa shape index (κ1) is 8.08. The van der Waals surface area contributed by atoms with E-state index in [1.807, 2.05) is 18.4 Å². The minimum absolute atomic E-state index is 0.728. The molecule has 12 heavy (non-hydrogen) atoms. The van der Waals surface area contributed by atoms with Crippen molar-refractivity contribution in [2.75, 3.05) is 25.5 Å². The molecule has 2 rings (SSSR count). The van der Waals surface area contributed by atoms with Gasteiger partial charge in [0.05, 0.1) is 0 Å². The Hall–Kier alpha value is -0.540. The standard InChI is InChI=1S/C9H14N2S/c1-10-6-7-2-4-11-8-3-5-12-9(7)8/h3,5,7,10-11H,2,4,6H2,1H3. The lowest BCUT2D eigenvalue weighted by atomic mass is 9.99. The Morgan fingerprint density at radius 2 is 2.67 bits per heavy atom. The highest BCUT2D eigenvalue weighted by atomic mass is 32.1. The zero-order chi connectivity index (χ0) is 8.39. The van der Waals surface area contributed by atoms with Gasteiger partial charge in [-0.05, 0) is 24.9 Å². The molecule has 0 bridgehead atoms. The Bertz CT molecular complexity index is 257. The molecule has 0 spiro atoms. The van der Waals surface area contributed by atoms with Crippen molar-refractivity contribution in [3.05, 3.63) is 16.3 Å². The van der Waals surface area contributed by atoms with Crippen molar-refractivity contribution in [2.45, 2.75) is 12.3 Å². The monoisotopic (exact) mass is 182 g/mol. The zero-order valence-corrected chi connectivity index (χ0v) is 8.08. The van der Waals surface area contributed by atoms with Crippen LogP contribution in [0.25, 0.3) is 0 Å². The number of hydrogen-bond donors (Lipinski definition) is 2. The molecule has 0 aliphatic carbocycles. The van der Waals surface area contributed by atoms with E-state index in [1.165, 1.54) is 17.0 Å². The molecule has 0 radical (unpaired) electrons. The SMILES string of the molecule is CNCC1CCNc2ccsc21. The van der Waals surface area contributed by atoms with Crippen LogP contribution in [-0.4, -0.2) is 20.1 Å². The topological polar surface area (TPSA) is 24.1 Å². The van der Waals surface area contributed by atoms with Gasteiger partial charge in [-0.25, -0.2) is 0 Å². The Balaban J connectivity index is 2.19. The second kappa shape index (κ2) is 3.46. The van der Waals surface area contributed by atoms with Gasteiger partial charge >= 0.3 is 0 Å². The molecule has 1 aliphatic rings. The number of thiophene rings is 1. The predicted molar refractivity (Wildman–Crippen MR) is 54.1 cm³/mol. The third kappa shape index (κ3) is 1.34. The normalized spacial score (nSPS) is 21.6. The summed E-state index contributed by atoms with van der Waals surface area (Å²) >= 11 is 1.87. The molecule has 0 amide bonds. The first-order valence-corrected chi connectivity index (χ1v) is 5.25. The van der Waals surface area contributed by atoms with Crippen molar-refractivity contribution in [2.24, 2.45) is 0 Å². The highest BCUT2D eigenvalue weighted by molar-refractivity contribution is 7.10. The molecule has 0 saturated heterocycles. The number of hydrogen-bond acceptors (Lipinski definition) is 3. The Kier molecular flexibility index (Phi) is 2.33. The molecule has 0 aromatic carbocycles. The summed E-state index contributed by atoms with van der Waals surface area (Å²) in [6.45, 7) is 2.23. The molecule has 1 aliphatic heterocycles. The van der Waals surface area contributed by atoms with E-state index in [1.54, 1.807) is 0 Å². The van der Waals surface area contributed by atoms with Crippen LogP contribution in [0, 0.1) is 0 Å². The second-order valence-electron chi connectivity index (χ2n) is 3.17. The fraction of sp³-hybridized carbons (Fsp3) is 0.556. The van der Waals surface area contributed by atoms with Crippen molar-refractivity contribution < 1.29 is 0 Å². The third-order valence-electron chi connectivity index (χ3n) is 2.32. The second-order valence-corrected chi connectivity index (χ2v) is 4.12. The van der Waals surface area contributed by atoms with E-state index in [2.05, 4.69) is 22.1 Å². The fourth-order valence-corrected chi connectivity index (χ4v) is 2.75. The number of nitrogens with one attached hydrogen (secondary N) is 2. The van der Waals surface area contributed by atoms with Crippen LogP contribution in [-0.2, 0) is 0 Å². The van der Waals surface area contributed by atoms with Gasteiger partial charge in [-0.3, -0.25) is 0 Å². The van der Waals surface area contributed by atoms with Crippen molar-refractivity contribution >= 4 is 17.0 Å². The van der Waals surface area contributed by atoms with Crippen LogP contribution in [0.5, 0.6) is 0 Å². The van der Waals surface area contributed by atoms with Gasteiger partial charge in [-0.2, -0.15) is 0 Å². The maximum Gasteiger partial charge on any atom is 0.0484 e. The predicted octanol–water partition coefficient (Wildman–Crippen LogP) is 1.87. The minimum Gasteiger partial charge on any atom is -0.384 e. The van der Waals surface area contributed by atoms with Gasteiger partial charge < -0.3 is 10.6 Å². The van der Waals surface area contributed by atoms with E-state index in [0.717, 1.165) is 19.0 Å². The number of rotatable bonds is 2. The fourth-order valence-electron chi connectivity index (χ4n) is 1.74. The maximum atomic E-state index is 3.41. The maximum absolute atomic E-state index is 3.41. The molecule has 1 aromatic heterocycles. The number of fused-ring (bicyclic) bond motifs is 1. The summed E-state index contributed by atoms with van der Waals surface area (Å²) in [7, 11) is 2.02. The molecule has 0 saturated carbocycles. The lowest BCUT2D eigenvalue weighted by Gasteiger charge is -2.23. The molecule has 2 nitrogen and oxygen atoms in total. The molecule has 2 heterocycles. The summed E-state index contributed by atoms with van der Waals surface area (Å²) in [6, 6.07) is 2.18. The summed E-state index contributed by atoms with van der Waals surface area (Å²) in [5.41, 5.74) is 1.35. The van der Waals surface area contributed by atoms with Gasteiger partial charge in [0.25, 0.3) is 0 Å². The van der Waals surface area contributed by atoms with Gasteiger partial charge in [0.1, 0.15) is 0 Å². The summed E-state index contributed by atoms with van der Waals surface area (Å²) in [5.74, 6) is 0.728. The Labute approximate surface area is 77.0 Å². The largest absolute Gasteiger partial charge is 0.384 e.